The van der Waals surface area contributed by atoms with E-state index in [2.05, 4.69) is 34.6 Å². The molecule has 0 bridgehead atoms. The maximum atomic E-state index is 6.35. The second kappa shape index (κ2) is 12.2. The summed E-state index contributed by atoms with van der Waals surface area (Å²) in [6, 6.07) is 0. The molecule has 0 aromatic rings. The van der Waals surface area contributed by atoms with Crippen molar-refractivity contribution in [2.45, 2.75) is 79.6 Å². The fourth-order valence-corrected chi connectivity index (χ4v) is 3.40. The molecule has 152 valence electrons. The van der Waals surface area contributed by atoms with Crippen molar-refractivity contribution in [1.82, 2.24) is 0 Å². The third-order valence-corrected chi connectivity index (χ3v) is 4.33. The molecule has 0 rings (SSSR count). The van der Waals surface area contributed by atoms with E-state index >= 15 is 0 Å². The lowest BCUT2D eigenvalue weighted by molar-refractivity contribution is -0.246. The van der Waals surface area contributed by atoms with Gasteiger partial charge in [0.05, 0.1) is 25.4 Å². The Bertz CT molecular complexity index is 327. The molecule has 0 spiro atoms. The molecule has 0 N–H and O–H groups in total. The monoisotopic (exact) mass is 362 g/mol. The van der Waals surface area contributed by atoms with Crippen LogP contribution >= 0.6 is 0 Å². The highest BCUT2D eigenvalue weighted by Gasteiger charge is 2.49. The first kappa shape index (κ1) is 24.8. The van der Waals surface area contributed by atoms with Crippen molar-refractivity contribution in [3.8, 4) is 0 Å². The minimum absolute atomic E-state index is 0.00951. The maximum absolute atomic E-state index is 6.35. The molecule has 0 amide bonds. The van der Waals surface area contributed by atoms with Gasteiger partial charge in [-0.2, -0.15) is 0 Å². The van der Waals surface area contributed by atoms with Gasteiger partial charge in [-0.25, -0.2) is 0 Å². The zero-order chi connectivity index (χ0) is 19.5. The second-order valence-electron chi connectivity index (χ2n) is 8.02. The maximum Gasteiger partial charge on any atom is 0.148 e. The second-order valence-corrected chi connectivity index (χ2v) is 8.02. The van der Waals surface area contributed by atoms with Gasteiger partial charge in [0.1, 0.15) is 12.4 Å². The van der Waals surface area contributed by atoms with Gasteiger partial charge in [-0.3, -0.25) is 0 Å². The van der Waals surface area contributed by atoms with Crippen LogP contribution < -0.4 is 0 Å². The van der Waals surface area contributed by atoms with Gasteiger partial charge in [0.2, 0.25) is 0 Å². The average Bonchev–Trinajstić information content (AvgIpc) is 2.51. The van der Waals surface area contributed by atoms with Crippen LogP contribution in [0.4, 0.5) is 0 Å². The summed E-state index contributed by atoms with van der Waals surface area (Å²) in [7, 11) is 1.74. The smallest absolute Gasteiger partial charge is 0.148 e. The summed E-state index contributed by atoms with van der Waals surface area (Å²) >= 11 is 0. The molecule has 0 heterocycles. The van der Waals surface area contributed by atoms with Gasteiger partial charge < -0.3 is 23.7 Å². The van der Waals surface area contributed by atoms with Crippen LogP contribution in [0.2, 0.25) is 0 Å². The Morgan fingerprint density at radius 2 is 1.52 bits per heavy atom. The van der Waals surface area contributed by atoms with Crippen LogP contribution in [-0.4, -0.2) is 58.1 Å². The quantitative estimate of drug-likeness (QED) is 0.341. The fourth-order valence-electron chi connectivity index (χ4n) is 3.40. The van der Waals surface area contributed by atoms with Crippen molar-refractivity contribution in [2.24, 2.45) is 11.3 Å². The molecule has 0 saturated heterocycles. The molecule has 5 heteroatoms. The van der Waals surface area contributed by atoms with Crippen LogP contribution in [0.5, 0.6) is 0 Å². The Morgan fingerprint density at radius 3 is 1.96 bits per heavy atom. The van der Waals surface area contributed by atoms with E-state index in [1.165, 1.54) is 0 Å². The van der Waals surface area contributed by atoms with E-state index in [1.54, 1.807) is 7.11 Å². The Morgan fingerprint density at radius 1 is 0.920 bits per heavy atom. The van der Waals surface area contributed by atoms with Crippen molar-refractivity contribution in [1.29, 1.82) is 0 Å². The molecular weight excluding hydrogens is 320 g/mol. The molecule has 0 aromatic carbocycles. The van der Waals surface area contributed by atoms with Gasteiger partial charge in [-0.15, -0.1) is 0 Å². The highest BCUT2D eigenvalue weighted by molar-refractivity contribution is 4.98. The first-order valence-electron chi connectivity index (χ1n) is 9.58. The average molecular weight is 363 g/mol. The molecule has 0 saturated carbocycles. The van der Waals surface area contributed by atoms with Gasteiger partial charge in [0, 0.05) is 26.2 Å². The van der Waals surface area contributed by atoms with Crippen LogP contribution in [0.25, 0.3) is 0 Å². The number of ether oxygens (including phenoxy) is 5. The summed E-state index contributed by atoms with van der Waals surface area (Å²) < 4.78 is 29.6. The highest BCUT2D eigenvalue weighted by atomic mass is 16.7. The summed E-state index contributed by atoms with van der Waals surface area (Å²) in [5.74, 6) is 0.0733. The summed E-state index contributed by atoms with van der Waals surface area (Å²) in [5, 5.41) is 0. The third kappa shape index (κ3) is 8.83. The highest BCUT2D eigenvalue weighted by Crippen LogP contribution is 2.41. The van der Waals surface area contributed by atoms with Crippen molar-refractivity contribution < 1.29 is 23.7 Å². The molecule has 3 unspecified atom stereocenters. The minimum atomic E-state index is -0.631. The van der Waals surface area contributed by atoms with Gasteiger partial charge in [0.25, 0.3) is 0 Å². The lowest BCUT2D eigenvalue weighted by Crippen LogP contribution is -2.58. The Hall–Kier alpha value is -0.200. The van der Waals surface area contributed by atoms with Crippen molar-refractivity contribution in [3.63, 3.8) is 0 Å². The fraction of sp³-hybridized carbons (Fsp3) is 1.00. The number of rotatable bonds is 14. The van der Waals surface area contributed by atoms with E-state index in [0.29, 0.717) is 26.4 Å². The molecule has 3 atom stereocenters. The van der Waals surface area contributed by atoms with Crippen LogP contribution in [0.1, 0.15) is 61.8 Å². The first-order valence-corrected chi connectivity index (χ1v) is 9.58. The van der Waals surface area contributed by atoms with Gasteiger partial charge in [-0.05, 0) is 39.5 Å². The molecule has 5 nitrogen and oxygen atoms in total. The summed E-state index contributed by atoms with van der Waals surface area (Å²) in [6.07, 6.45) is 1.06. The Labute approximate surface area is 155 Å². The first-order chi connectivity index (χ1) is 11.6. The predicted molar refractivity (Wildman–Crippen MR) is 102 cm³/mol. The van der Waals surface area contributed by atoms with Crippen LogP contribution in [0.15, 0.2) is 0 Å². The van der Waals surface area contributed by atoms with Crippen molar-refractivity contribution >= 4 is 0 Å². The Balaban J connectivity index is 5.68. The molecule has 25 heavy (non-hydrogen) atoms. The molecule has 0 aliphatic heterocycles. The minimum Gasteiger partial charge on any atom is -0.381 e. The van der Waals surface area contributed by atoms with E-state index < -0.39 is 5.60 Å². The zero-order valence-corrected chi connectivity index (χ0v) is 18.0. The number of hydrogen-bond acceptors (Lipinski definition) is 5. The lowest BCUT2D eigenvalue weighted by Gasteiger charge is -2.48. The van der Waals surface area contributed by atoms with Gasteiger partial charge >= 0.3 is 0 Å². The van der Waals surface area contributed by atoms with Crippen molar-refractivity contribution in [3.05, 3.63) is 0 Å². The Kier molecular flexibility index (Phi) is 12.1. The van der Waals surface area contributed by atoms with E-state index in [4.69, 9.17) is 23.7 Å². The summed E-state index contributed by atoms with van der Waals surface area (Å²) in [5.41, 5.74) is -0.687. The van der Waals surface area contributed by atoms with Crippen LogP contribution in [-0.2, 0) is 23.7 Å². The normalized spacial score (nSPS) is 17.5. The predicted octanol–water partition coefficient (Wildman–Crippen LogP) is 4.28. The molecular formula is C20H42O5. The molecule has 0 fully saturated rings. The van der Waals surface area contributed by atoms with Gasteiger partial charge in [0.15, 0.2) is 0 Å². The van der Waals surface area contributed by atoms with Crippen LogP contribution in [0, 0.1) is 11.3 Å². The van der Waals surface area contributed by atoms with E-state index in [9.17, 15) is 0 Å². The largest absolute Gasteiger partial charge is 0.381 e. The molecule has 0 radical (unpaired) electrons. The standard InChI is InChI=1S/C20H42O5/c1-10-12-23-14-20(13-22-11-2,25-15-24-16(3)4)18(17(5)21-9)19(6,7)8/h16-18H,10-15H2,1-9H3. The molecule has 0 aromatic heterocycles. The topological polar surface area (TPSA) is 46.2 Å². The lowest BCUT2D eigenvalue weighted by atomic mass is 9.68. The summed E-state index contributed by atoms with van der Waals surface area (Å²) in [4.78, 5) is 0. The van der Waals surface area contributed by atoms with E-state index in [0.717, 1.165) is 6.42 Å². The summed E-state index contributed by atoms with van der Waals surface area (Å²) in [6.45, 7) is 19.2. The molecule has 0 aliphatic rings. The number of methoxy groups -OCH3 is 1. The van der Waals surface area contributed by atoms with E-state index in [-0.39, 0.29) is 30.3 Å². The number of hydrogen-bond donors (Lipinski definition) is 0. The van der Waals surface area contributed by atoms with Crippen LogP contribution in [0.3, 0.4) is 0 Å². The SMILES string of the molecule is CCCOCC(COCC)(OCOC(C)C)C(C(C)OC)C(C)(C)C. The molecule has 0 aliphatic carbocycles. The van der Waals surface area contributed by atoms with Gasteiger partial charge in [-0.1, -0.05) is 27.7 Å². The third-order valence-electron chi connectivity index (χ3n) is 4.33. The zero-order valence-electron chi connectivity index (χ0n) is 18.0. The van der Waals surface area contributed by atoms with Crippen molar-refractivity contribution in [2.75, 3.05) is 40.3 Å². The van der Waals surface area contributed by atoms with E-state index in [1.807, 2.05) is 20.8 Å².